The molecule has 0 aliphatic carbocycles. The number of carbonyl (C=O) groups is 3. The zero-order chi connectivity index (χ0) is 19.2. The summed E-state index contributed by atoms with van der Waals surface area (Å²) >= 11 is 0. The maximum atomic E-state index is 12.5. The lowest BCUT2D eigenvalue weighted by molar-refractivity contribution is -0.139. The van der Waals surface area contributed by atoms with Crippen molar-refractivity contribution >= 4 is 17.9 Å². The summed E-state index contributed by atoms with van der Waals surface area (Å²) in [6.07, 6.45) is 4.38. The third-order valence-electron chi connectivity index (χ3n) is 5.53. The molecule has 2 heterocycles. The van der Waals surface area contributed by atoms with E-state index in [-0.39, 0.29) is 11.9 Å². The topological polar surface area (TPSA) is 89.9 Å². The van der Waals surface area contributed by atoms with Crippen molar-refractivity contribution in [2.75, 3.05) is 26.2 Å². The number of nitrogens with zero attached hydrogens (tertiary/aromatic N) is 2. The highest BCUT2D eigenvalue weighted by molar-refractivity contribution is 5.83. The Morgan fingerprint density at radius 2 is 1.85 bits per heavy atom. The summed E-state index contributed by atoms with van der Waals surface area (Å²) < 4.78 is 0. The molecule has 2 aliphatic heterocycles. The van der Waals surface area contributed by atoms with E-state index in [1.807, 2.05) is 11.0 Å². The number of amides is 3. The van der Waals surface area contributed by atoms with Crippen LogP contribution in [0.4, 0.5) is 4.79 Å². The first-order valence-corrected chi connectivity index (χ1v) is 9.65. The van der Waals surface area contributed by atoms with Crippen LogP contribution in [-0.2, 0) is 9.59 Å². The first-order chi connectivity index (χ1) is 13.0. The molecule has 0 spiro atoms. The number of rotatable bonds is 6. The van der Waals surface area contributed by atoms with E-state index in [4.69, 9.17) is 0 Å². The second kappa shape index (κ2) is 8.88. The first kappa shape index (κ1) is 19.2. The molecule has 3 amide bonds. The summed E-state index contributed by atoms with van der Waals surface area (Å²) in [6.45, 7) is 2.91. The molecule has 27 heavy (non-hydrogen) atoms. The van der Waals surface area contributed by atoms with Crippen molar-refractivity contribution in [2.24, 2.45) is 5.92 Å². The van der Waals surface area contributed by atoms with Crippen LogP contribution in [0, 0.1) is 5.92 Å². The number of carbonyl (C=O) groups excluding carboxylic acids is 2. The van der Waals surface area contributed by atoms with Gasteiger partial charge in [-0.2, -0.15) is 0 Å². The van der Waals surface area contributed by atoms with Gasteiger partial charge >= 0.3 is 12.0 Å². The minimum absolute atomic E-state index is 0.257. The van der Waals surface area contributed by atoms with Crippen molar-refractivity contribution in [1.29, 1.82) is 0 Å². The van der Waals surface area contributed by atoms with Gasteiger partial charge in [0.05, 0.1) is 0 Å². The van der Waals surface area contributed by atoms with Gasteiger partial charge in [-0.15, -0.1) is 0 Å². The molecule has 1 atom stereocenters. The van der Waals surface area contributed by atoms with Crippen LogP contribution in [0.3, 0.4) is 0 Å². The van der Waals surface area contributed by atoms with Crippen molar-refractivity contribution in [2.45, 2.75) is 38.1 Å². The number of urea groups is 1. The molecule has 1 aromatic carbocycles. The maximum Gasteiger partial charge on any atom is 0.330 e. The van der Waals surface area contributed by atoms with E-state index in [0.29, 0.717) is 31.0 Å². The van der Waals surface area contributed by atoms with Crippen LogP contribution in [0.1, 0.15) is 43.7 Å². The highest BCUT2D eigenvalue weighted by atomic mass is 16.4. The number of piperidine rings is 1. The molecule has 0 bridgehead atoms. The second-order valence-corrected chi connectivity index (χ2v) is 7.33. The number of hydrogen-bond donors (Lipinski definition) is 2. The lowest BCUT2D eigenvalue weighted by Crippen LogP contribution is -2.47. The van der Waals surface area contributed by atoms with Crippen LogP contribution in [0.5, 0.6) is 0 Å². The van der Waals surface area contributed by atoms with Gasteiger partial charge in [0, 0.05) is 32.6 Å². The van der Waals surface area contributed by atoms with Crippen LogP contribution in [0.2, 0.25) is 0 Å². The fourth-order valence-electron chi connectivity index (χ4n) is 3.85. The number of benzene rings is 1. The summed E-state index contributed by atoms with van der Waals surface area (Å²) in [6, 6.07) is 7.35. The monoisotopic (exact) mass is 373 g/mol. The maximum absolute atomic E-state index is 12.5. The van der Waals surface area contributed by atoms with Crippen molar-refractivity contribution < 1.29 is 19.5 Å². The zero-order valence-corrected chi connectivity index (χ0v) is 15.5. The van der Waals surface area contributed by atoms with E-state index >= 15 is 0 Å². The molecule has 7 heteroatoms. The molecule has 0 aromatic heterocycles. The fourth-order valence-corrected chi connectivity index (χ4v) is 3.85. The van der Waals surface area contributed by atoms with E-state index in [9.17, 15) is 19.5 Å². The van der Waals surface area contributed by atoms with Gasteiger partial charge in [-0.05, 0) is 37.2 Å². The Kier molecular flexibility index (Phi) is 6.32. The minimum atomic E-state index is -1.07. The zero-order valence-electron chi connectivity index (χ0n) is 15.5. The molecular formula is C20H27N3O4. The van der Waals surface area contributed by atoms with E-state index in [1.54, 1.807) is 29.2 Å². The smallest absolute Gasteiger partial charge is 0.330 e. The summed E-state index contributed by atoms with van der Waals surface area (Å²) in [4.78, 5) is 39.4. The van der Waals surface area contributed by atoms with Gasteiger partial charge < -0.3 is 20.2 Å². The first-order valence-electron chi connectivity index (χ1n) is 9.65. The number of aliphatic carboxylic acids is 1. The number of likely N-dealkylation sites (tertiary alicyclic amines) is 2. The Balaban J connectivity index is 1.46. The van der Waals surface area contributed by atoms with E-state index in [1.165, 1.54) is 0 Å². The summed E-state index contributed by atoms with van der Waals surface area (Å²) in [5.74, 6) is -0.306. The molecule has 0 radical (unpaired) electrons. The molecular weight excluding hydrogens is 346 g/mol. The van der Waals surface area contributed by atoms with E-state index < -0.39 is 12.0 Å². The highest BCUT2D eigenvalue weighted by Crippen LogP contribution is 2.23. The molecule has 146 valence electrons. The van der Waals surface area contributed by atoms with Crippen molar-refractivity contribution in [3.63, 3.8) is 0 Å². The quantitative estimate of drug-likeness (QED) is 0.800. The van der Waals surface area contributed by atoms with E-state index in [0.717, 1.165) is 38.8 Å². The number of hydrogen-bond acceptors (Lipinski definition) is 3. The molecule has 2 fully saturated rings. The summed E-state index contributed by atoms with van der Waals surface area (Å²) in [7, 11) is 0. The Hall–Kier alpha value is -2.57. The predicted molar refractivity (Wildman–Crippen MR) is 100 cm³/mol. The molecule has 0 saturated carbocycles. The summed E-state index contributed by atoms with van der Waals surface area (Å²) in [5, 5.41) is 12.1. The summed E-state index contributed by atoms with van der Waals surface area (Å²) in [5.41, 5.74) is 0.559. The van der Waals surface area contributed by atoms with Crippen molar-refractivity contribution in [1.82, 2.24) is 15.1 Å². The van der Waals surface area contributed by atoms with Gasteiger partial charge in [-0.1, -0.05) is 30.3 Å². The van der Waals surface area contributed by atoms with Crippen LogP contribution < -0.4 is 5.32 Å². The van der Waals surface area contributed by atoms with Gasteiger partial charge in [-0.3, -0.25) is 4.79 Å². The van der Waals surface area contributed by atoms with Crippen LogP contribution in [-0.4, -0.2) is 59.0 Å². The standard InChI is InChI=1S/C20H27N3O4/c24-17-7-4-11-22(17)12-8-15-9-13-23(14-10-15)20(27)21-18(19(25)26)16-5-2-1-3-6-16/h1-3,5-6,15,18H,4,7-14H2,(H,21,27)(H,25,26)/t18-/m1/s1. The minimum Gasteiger partial charge on any atom is -0.479 e. The van der Waals surface area contributed by atoms with Gasteiger partial charge in [-0.25, -0.2) is 9.59 Å². The average Bonchev–Trinajstić information content (AvgIpc) is 3.10. The number of carboxylic acid groups (broad SMARTS) is 1. The molecule has 2 aliphatic rings. The molecule has 0 unspecified atom stereocenters. The number of nitrogens with one attached hydrogen (secondary N) is 1. The van der Waals surface area contributed by atoms with E-state index in [2.05, 4.69) is 5.32 Å². The Bertz CT molecular complexity index is 671. The SMILES string of the molecule is O=C(O)[C@H](NC(=O)N1CCC(CCN2CCCC2=O)CC1)c1ccccc1. The normalized spacial score (nSPS) is 19.2. The molecule has 7 nitrogen and oxygen atoms in total. The molecule has 3 rings (SSSR count). The predicted octanol–water partition coefficient (Wildman–Crippen LogP) is 2.25. The number of carboxylic acids is 1. The van der Waals surface area contributed by atoms with Crippen LogP contribution in [0.25, 0.3) is 0 Å². The Morgan fingerprint density at radius 3 is 2.44 bits per heavy atom. The second-order valence-electron chi connectivity index (χ2n) is 7.33. The molecule has 2 saturated heterocycles. The lowest BCUT2D eigenvalue weighted by atomic mass is 9.93. The third kappa shape index (κ3) is 4.99. The van der Waals surface area contributed by atoms with Gasteiger partial charge in [0.1, 0.15) is 0 Å². The third-order valence-corrected chi connectivity index (χ3v) is 5.53. The average molecular weight is 373 g/mol. The van der Waals surface area contributed by atoms with Crippen molar-refractivity contribution in [3.8, 4) is 0 Å². The van der Waals surface area contributed by atoms with Crippen molar-refractivity contribution in [3.05, 3.63) is 35.9 Å². The van der Waals surface area contributed by atoms with Crippen LogP contribution >= 0.6 is 0 Å². The fraction of sp³-hybridized carbons (Fsp3) is 0.550. The highest BCUT2D eigenvalue weighted by Gasteiger charge is 2.28. The van der Waals surface area contributed by atoms with Gasteiger partial charge in [0.15, 0.2) is 6.04 Å². The van der Waals surface area contributed by atoms with Crippen LogP contribution in [0.15, 0.2) is 30.3 Å². The molecule has 2 N–H and O–H groups in total. The van der Waals surface area contributed by atoms with Gasteiger partial charge in [0.2, 0.25) is 5.91 Å². The van der Waals surface area contributed by atoms with Gasteiger partial charge in [0.25, 0.3) is 0 Å². The largest absolute Gasteiger partial charge is 0.479 e. The Morgan fingerprint density at radius 1 is 1.15 bits per heavy atom. The Labute approximate surface area is 159 Å². The lowest BCUT2D eigenvalue weighted by Gasteiger charge is -2.33. The molecule has 1 aromatic rings.